The Labute approximate surface area is 274 Å². The number of rotatable bonds is 31. The fourth-order valence-electron chi connectivity index (χ4n) is 7.71. The van der Waals surface area contributed by atoms with E-state index in [-0.39, 0.29) is 6.42 Å². The Morgan fingerprint density at radius 2 is 1.11 bits per heavy atom. The van der Waals surface area contributed by atoms with Gasteiger partial charge in [-0.05, 0) is 95.9 Å². The molecule has 44 heavy (non-hydrogen) atoms. The highest BCUT2D eigenvalue weighted by atomic mass is 16.4. The Kier molecular flexibility index (Phi) is 26.7. The topological polar surface area (TPSA) is 64.6 Å². The number of unbranched alkanes of at least 4 members (excludes halogenated alkanes) is 20. The first kappa shape index (κ1) is 39.5. The molecule has 0 saturated carbocycles. The van der Waals surface area contributed by atoms with Crippen molar-refractivity contribution in [2.24, 2.45) is 11.8 Å². The van der Waals surface area contributed by atoms with Crippen molar-refractivity contribution >= 4 is 5.97 Å². The van der Waals surface area contributed by atoms with Crippen LogP contribution in [-0.4, -0.2) is 61.8 Å². The van der Waals surface area contributed by atoms with Gasteiger partial charge in [0.05, 0.1) is 6.42 Å². The van der Waals surface area contributed by atoms with Gasteiger partial charge in [0.25, 0.3) is 0 Å². The number of carboxylic acids is 1. The molecule has 260 valence electrons. The monoisotopic (exact) mass is 620 g/mol. The minimum Gasteiger partial charge on any atom is -0.481 e. The molecule has 0 aromatic rings. The van der Waals surface area contributed by atoms with Crippen LogP contribution >= 0.6 is 0 Å². The van der Waals surface area contributed by atoms with Crippen molar-refractivity contribution in [2.45, 2.75) is 186 Å². The van der Waals surface area contributed by atoms with E-state index in [4.69, 9.17) is 5.11 Å². The molecule has 0 spiro atoms. The van der Waals surface area contributed by atoms with Crippen LogP contribution in [0.1, 0.15) is 186 Å². The second-order valence-electron chi connectivity index (χ2n) is 14.8. The number of nitrogens with one attached hydrogen (secondary N) is 2. The van der Waals surface area contributed by atoms with Crippen LogP contribution in [0.2, 0.25) is 0 Å². The van der Waals surface area contributed by atoms with Crippen LogP contribution in [0.3, 0.4) is 0 Å². The molecule has 2 saturated heterocycles. The largest absolute Gasteiger partial charge is 0.481 e. The zero-order valence-electron chi connectivity index (χ0n) is 29.4. The summed E-state index contributed by atoms with van der Waals surface area (Å²) in [5.74, 6) is 1.24. The Hall–Kier alpha value is -0.650. The van der Waals surface area contributed by atoms with Crippen LogP contribution in [0.5, 0.6) is 0 Å². The zero-order chi connectivity index (χ0) is 31.2. The Morgan fingerprint density at radius 3 is 1.66 bits per heavy atom. The van der Waals surface area contributed by atoms with Gasteiger partial charge in [-0.3, -0.25) is 4.79 Å². The highest BCUT2D eigenvalue weighted by molar-refractivity contribution is 5.66. The minimum absolute atomic E-state index is 0.235. The number of aliphatic carboxylic acids is 1. The van der Waals surface area contributed by atoms with Gasteiger partial charge in [-0.25, -0.2) is 0 Å². The average molecular weight is 620 g/mol. The van der Waals surface area contributed by atoms with Crippen molar-refractivity contribution in [1.82, 2.24) is 15.5 Å². The van der Waals surface area contributed by atoms with Gasteiger partial charge in [-0.1, -0.05) is 128 Å². The van der Waals surface area contributed by atoms with Crippen LogP contribution in [0.25, 0.3) is 0 Å². The Bertz CT molecular complexity index is 624. The number of carbonyl (C=O) groups is 1. The summed E-state index contributed by atoms with van der Waals surface area (Å²) in [6.45, 7) is 8.20. The van der Waals surface area contributed by atoms with E-state index in [1.54, 1.807) is 0 Å². The van der Waals surface area contributed by atoms with E-state index in [0.29, 0.717) is 6.54 Å². The molecule has 5 nitrogen and oxygen atoms in total. The van der Waals surface area contributed by atoms with Crippen molar-refractivity contribution in [3.8, 4) is 0 Å². The summed E-state index contributed by atoms with van der Waals surface area (Å²) in [5, 5.41) is 15.4. The summed E-state index contributed by atoms with van der Waals surface area (Å²) in [6, 6.07) is 0. The van der Waals surface area contributed by atoms with Crippen molar-refractivity contribution in [3.05, 3.63) is 0 Å². The number of hydrogen-bond acceptors (Lipinski definition) is 4. The molecule has 2 fully saturated rings. The van der Waals surface area contributed by atoms with Crippen LogP contribution in [0, 0.1) is 11.8 Å². The number of carboxylic acid groups (broad SMARTS) is 1. The molecule has 2 aliphatic heterocycles. The fourth-order valence-corrected chi connectivity index (χ4v) is 7.71. The average Bonchev–Trinajstić information content (AvgIpc) is 3.03. The first-order chi connectivity index (χ1) is 21.7. The standard InChI is InChI=1S/C39H77N3O2/c43-39(44)29-32-40-30-21-17-13-9-5-1-3-8-12-16-20-26-38-28-24-34-42(36-38)33-22-18-14-10-6-2-4-7-11-15-19-25-37-27-23-31-41-35-37/h37-38,40-41H,1-36H2,(H,43,44). The van der Waals surface area contributed by atoms with Gasteiger partial charge in [-0.15, -0.1) is 0 Å². The molecule has 0 radical (unpaired) electrons. The smallest absolute Gasteiger partial charge is 0.304 e. The van der Waals surface area contributed by atoms with E-state index in [0.717, 1.165) is 18.4 Å². The Morgan fingerprint density at radius 1 is 0.614 bits per heavy atom. The second-order valence-corrected chi connectivity index (χ2v) is 14.8. The van der Waals surface area contributed by atoms with Gasteiger partial charge < -0.3 is 20.6 Å². The van der Waals surface area contributed by atoms with Crippen LogP contribution in [0.15, 0.2) is 0 Å². The third-order valence-electron chi connectivity index (χ3n) is 10.6. The Balaban J connectivity index is 1.25. The lowest BCUT2D eigenvalue weighted by Gasteiger charge is -2.32. The molecule has 5 heteroatoms. The maximum atomic E-state index is 10.5. The van der Waals surface area contributed by atoms with E-state index < -0.39 is 5.97 Å². The van der Waals surface area contributed by atoms with Crippen LogP contribution < -0.4 is 10.6 Å². The van der Waals surface area contributed by atoms with Gasteiger partial charge in [0.15, 0.2) is 0 Å². The molecule has 0 amide bonds. The van der Waals surface area contributed by atoms with E-state index >= 15 is 0 Å². The summed E-state index contributed by atoms with van der Waals surface area (Å²) in [7, 11) is 0. The molecule has 0 bridgehead atoms. The predicted octanol–water partition coefficient (Wildman–Crippen LogP) is 10.1. The molecular weight excluding hydrogens is 542 g/mol. The molecule has 0 aromatic carbocycles. The minimum atomic E-state index is -0.709. The summed E-state index contributed by atoms with van der Waals surface area (Å²) < 4.78 is 0. The van der Waals surface area contributed by atoms with Crippen molar-refractivity contribution < 1.29 is 9.90 Å². The predicted molar refractivity (Wildman–Crippen MR) is 191 cm³/mol. The van der Waals surface area contributed by atoms with Crippen LogP contribution in [0.4, 0.5) is 0 Å². The molecule has 3 N–H and O–H groups in total. The number of hydrogen-bond donors (Lipinski definition) is 3. The van der Waals surface area contributed by atoms with Crippen molar-refractivity contribution in [3.63, 3.8) is 0 Å². The van der Waals surface area contributed by atoms with Gasteiger partial charge >= 0.3 is 5.97 Å². The van der Waals surface area contributed by atoms with Crippen molar-refractivity contribution in [2.75, 3.05) is 45.8 Å². The maximum Gasteiger partial charge on any atom is 0.304 e. The lowest BCUT2D eigenvalue weighted by Crippen LogP contribution is -2.36. The van der Waals surface area contributed by atoms with Gasteiger partial charge in [0, 0.05) is 13.1 Å². The molecule has 2 rings (SSSR count). The summed E-state index contributed by atoms with van der Waals surface area (Å²) >= 11 is 0. The van der Waals surface area contributed by atoms with Crippen LogP contribution in [-0.2, 0) is 4.79 Å². The van der Waals surface area contributed by atoms with Gasteiger partial charge in [-0.2, -0.15) is 0 Å². The maximum absolute atomic E-state index is 10.5. The third-order valence-corrected chi connectivity index (χ3v) is 10.6. The molecule has 2 atom stereocenters. The first-order valence-corrected chi connectivity index (χ1v) is 20.1. The molecule has 2 unspecified atom stereocenters. The van der Waals surface area contributed by atoms with E-state index in [2.05, 4.69) is 15.5 Å². The first-order valence-electron chi connectivity index (χ1n) is 20.1. The molecule has 0 aromatic heterocycles. The van der Waals surface area contributed by atoms with E-state index in [9.17, 15) is 4.79 Å². The molecule has 0 aliphatic carbocycles. The van der Waals surface area contributed by atoms with E-state index in [1.807, 2.05) is 0 Å². The third kappa shape index (κ3) is 24.6. The van der Waals surface area contributed by atoms with Gasteiger partial charge in [0.2, 0.25) is 0 Å². The highest BCUT2D eigenvalue weighted by Gasteiger charge is 2.19. The fraction of sp³-hybridized carbons (Fsp3) is 0.974. The second kappa shape index (κ2) is 29.7. The SMILES string of the molecule is O=C(O)CCNCCCCCCCCCCCCCC1CCCN(CCCCCCCCCCCCCC2CCCNC2)C1. The molecule has 2 aliphatic rings. The quantitative estimate of drug-likeness (QED) is 0.0674. The van der Waals surface area contributed by atoms with E-state index in [1.165, 1.54) is 213 Å². The molecule has 2 heterocycles. The normalized spacial score (nSPS) is 19.5. The summed E-state index contributed by atoms with van der Waals surface area (Å²) in [5.41, 5.74) is 0. The highest BCUT2D eigenvalue weighted by Crippen LogP contribution is 2.23. The lowest BCUT2D eigenvalue weighted by atomic mass is 9.92. The summed E-state index contributed by atoms with van der Waals surface area (Å²) in [6.07, 6.45) is 40.2. The molecular formula is C39H77N3O2. The van der Waals surface area contributed by atoms with Gasteiger partial charge in [0.1, 0.15) is 0 Å². The zero-order valence-corrected chi connectivity index (χ0v) is 29.4. The lowest BCUT2D eigenvalue weighted by molar-refractivity contribution is -0.136. The summed E-state index contributed by atoms with van der Waals surface area (Å²) in [4.78, 5) is 13.3. The van der Waals surface area contributed by atoms with Crippen molar-refractivity contribution in [1.29, 1.82) is 0 Å². The number of likely N-dealkylation sites (tertiary alicyclic amines) is 1. The number of piperidine rings is 2. The number of nitrogens with zero attached hydrogens (tertiary/aromatic N) is 1.